The van der Waals surface area contributed by atoms with Gasteiger partial charge in [-0.1, -0.05) is 30.3 Å². The predicted molar refractivity (Wildman–Crippen MR) is 60.9 cm³/mol. The van der Waals surface area contributed by atoms with Gasteiger partial charge in [0.1, 0.15) is 4.60 Å². The minimum Gasteiger partial charge on any atom is -0.298 e. The van der Waals surface area contributed by atoms with Gasteiger partial charge in [-0.3, -0.25) is 9.48 Å². The Balaban J connectivity index is 2.25. The molecule has 76 valence electrons. The van der Waals surface area contributed by atoms with Crippen molar-refractivity contribution in [3.05, 3.63) is 52.3 Å². The normalized spacial score (nSPS) is 10.2. The van der Waals surface area contributed by atoms with Crippen molar-refractivity contribution in [1.82, 2.24) is 9.78 Å². The smallest absolute Gasteiger partial charge is 0.154 e. The van der Waals surface area contributed by atoms with Crippen LogP contribution < -0.4 is 0 Å². The van der Waals surface area contributed by atoms with E-state index in [0.717, 1.165) is 16.5 Å². The van der Waals surface area contributed by atoms with Crippen LogP contribution in [0.4, 0.5) is 0 Å². The number of hydrogen-bond acceptors (Lipinski definition) is 2. The minimum atomic E-state index is 0.575. The van der Waals surface area contributed by atoms with Crippen LogP contribution in [0.1, 0.15) is 15.9 Å². The molecule has 2 rings (SSSR count). The molecule has 0 bridgehead atoms. The van der Waals surface area contributed by atoms with Gasteiger partial charge in [0.05, 0.1) is 18.3 Å². The maximum absolute atomic E-state index is 10.6. The van der Waals surface area contributed by atoms with E-state index in [1.807, 2.05) is 30.3 Å². The van der Waals surface area contributed by atoms with Gasteiger partial charge in [-0.05, 0) is 21.5 Å². The molecule has 15 heavy (non-hydrogen) atoms. The molecule has 4 heteroatoms. The fourth-order valence-electron chi connectivity index (χ4n) is 1.33. The van der Waals surface area contributed by atoms with Gasteiger partial charge >= 0.3 is 0 Å². The van der Waals surface area contributed by atoms with Gasteiger partial charge in [0.15, 0.2) is 6.29 Å². The van der Waals surface area contributed by atoms with Gasteiger partial charge in [0.2, 0.25) is 0 Å². The molecule has 0 amide bonds. The summed E-state index contributed by atoms with van der Waals surface area (Å²) in [6, 6.07) is 9.97. The van der Waals surface area contributed by atoms with Crippen molar-refractivity contribution in [2.24, 2.45) is 0 Å². The molecule has 1 heterocycles. The molecule has 0 aliphatic heterocycles. The molecule has 0 N–H and O–H groups in total. The van der Waals surface area contributed by atoms with Crippen molar-refractivity contribution in [3.8, 4) is 0 Å². The van der Waals surface area contributed by atoms with E-state index in [-0.39, 0.29) is 0 Å². The van der Waals surface area contributed by atoms with Crippen molar-refractivity contribution in [2.45, 2.75) is 6.54 Å². The molecule has 2 aromatic rings. The highest BCUT2D eigenvalue weighted by atomic mass is 79.9. The second kappa shape index (κ2) is 4.40. The Hall–Kier alpha value is -1.42. The van der Waals surface area contributed by atoms with E-state index < -0.39 is 0 Å². The molecule has 0 unspecified atom stereocenters. The maximum Gasteiger partial charge on any atom is 0.154 e. The first-order valence-electron chi connectivity index (χ1n) is 4.51. The van der Waals surface area contributed by atoms with Gasteiger partial charge in [-0.25, -0.2) is 0 Å². The molecule has 0 saturated carbocycles. The van der Waals surface area contributed by atoms with E-state index >= 15 is 0 Å². The number of nitrogens with zero attached hydrogens (tertiary/aromatic N) is 2. The van der Waals surface area contributed by atoms with E-state index in [9.17, 15) is 4.79 Å². The molecule has 1 aromatic carbocycles. The minimum absolute atomic E-state index is 0.575. The van der Waals surface area contributed by atoms with Crippen molar-refractivity contribution >= 4 is 22.2 Å². The van der Waals surface area contributed by atoms with Crippen LogP contribution in [0.25, 0.3) is 0 Å². The lowest BCUT2D eigenvalue weighted by Crippen LogP contribution is -2.01. The summed E-state index contributed by atoms with van der Waals surface area (Å²) >= 11 is 3.34. The van der Waals surface area contributed by atoms with Crippen LogP contribution >= 0.6 is 15.9 Å². The Kier molecular flexibility index (Phi) is 2.97. The SMILES string of the molecule is O=Cc1cnn(Cc2ccccc2)c1Br. The van der Waals surface area contributed by atoms with E-state index in [1.165, 1.54) is 0 Å². The zero-order chi connectivity index (χ0) is 10.7. The summed E-state index contributed by atoms with van der Waals surface area (Å²) in [4.78, 5) is 10.6. The zero-order valence-corrected chi connectivity index (χ0v) is 9.52. The fraction of sp³-hybridized carbons (Fsp3) is 0.0909. The summed E-state index contributed by atoms with van der Waals surface area (Å²) in [5.41, 5.74) is 1.73. The summed E-state index contributed by atoms with van der Waals surface area (Å²) < 4.78 is 2.47. The largest absolute Gasteiger partial charge is 0.298 e. The lowest BCUT2D eigenvalue weighted by molar-refractivity contribution is 0.112. The van der Waals surface area contributed by atoms with Crippen molar-refractivity contribution in [1.29, 1.82) is 0 Å². The Morgan fingerprint density at radius 2 is 2.07 bits per heavy atom. The number of aldehydes is 1. The molecule has 0 saturated heterocycles. The Morgan fingerprint density at radius 1 is 1.33 bits per heavy atom. The van der Waals surface area contributed by atoms with Gasteiger partial charge in [0.25, 0.3) is 0 Å². The van der Waals surface area contributed by atoms with E-state index in [1.54, 1.807) is 10.9 Å². The van der Waals surface area contributed by atoms with Crippen LogP contribution in [0.5, 0.6) is 0 Å². The summed E-state index contributed by atoms with van der Waals surface area (Å²) in [7, 11) is 0. The second-order valence-corrected chi connectivity index (χ2v) is 3.90. The van der Waals surface area contributed by atoms with Gasteiger partial charge in [-0.2, -0.15) is 5.10 Å². The van der Waals surface area contributed by atoms with Crippen LogP contribution in [0, 0.1) is 0 Å². The van der Waals surface area contributed by atoms with Gasteiger partial charge in [0, 0.05) is 0 Å². The van der Waals surface area contributed by atoms with Crippen molar-refractivity contribution in [2.75, 3.05) is 0 Å². The topological polar surface area (TPSA) is 34.9 Å². The molecule has 0 spiro atoms. The average Bonchev–Trinajstić information content (AvgIpc) is 2.62. The summed E-state index contributed by atoms with van der Waals surface area (Å²) in [6.45, 7) is 0.662. The van der Waals surface area contributed by atoms with E-state index in [2.05, 4.69) is 21.0 Å². The Morgan fingerprint density at radius 3 is 2.67 bits per heavy atom. The highest BCUT2D eigenvalue weighted by molar-refractivity contribution is 9.10. The maximum atomic E-state index is 10.6. The number of aromatic nitrogens is 2. The lowest BCUT2D eigenvalue weighted by Gasteiger charge is -2.02. The van der Waals surface area contributed by atoms with Crippen molar-refractivity contribution in [3.63, 3.8) is 0 Å². The summed E-state index contributed by atoms with van der Waals surface area (Å²) in [5.74, 6) is 0. The number of halogens is 1. The first-order valence-corrected chi connectivity index (χ1v) is 5.31. The number of rotatable bonds is 3. The third-order valence-corrected chi connectivity index (χ3v) is 2.97. The Labute approximate surface area is 95.9 Å². The van der Waals surface area contributed by atoms with E-state index in [4.69, 9.17) is 0 Å². The molecule has 0 aliphatic rings. The van der Waals surface area contributed by atoms with Crippen molar-refractivity contribution < 1.29 is 4.79 Å². The standard InChI is InChI=1S/C11H9BrN2O/c12-11-10(8-15)6-13-14(11)7-9-4-2-1-3-5-9/h1-6,8H,7H2. The van der Waals surface area contributed by atoms with Crippen LogP contribution in [-0.4, -0.2) is 16.1 Å². The van der Waals surface area contributed by atoms with Gasteiger partial charge in [-0.15, -0.1) is 0 Å². The molecular weight excluding hydrogens is 256 g/mol. The number of carbonyl (C=O) groups excluding carboxylic acids is 1. The number of hydrogen-bond donors (Lipinski definition) is 0. The second-order valence-electron chi connectivity index (χ2n) is 3.15. The highest BCUT2D eigenvalue weighted by Gasteiger charge is 2.06. The predicted octanol–water partition coefficient (Wildman–Crippen LogP) is 2.51. The van der Waals surface area contributed by atoms with Gasteiger partial charge < -0.3 is 0 Å². The fourth-order valence-corrected chi connectivity index (χ4v) is 1.74. The third kappa shape index (κ3) is 2.15. The monoisotopic (exact) mass is 264 g/mol. The Bertz CT molecular complexity index is 465. The zero-order valence-electron chi connectivity index (χ0n) is 7.93. The first kappa shape index (κ1) is 10.1. The van der Waals surface area contributed by atoms with Crippen LogP contribution in [-0.2, 0) is 6.54 Å². The molecule has 0 fully saturated rings. The number of carbonyl (C=O) groups is 1. The van der Waals surface area contributed by atoms with Crippen LogP contribution in [0.2, 0.25) is 0 Å². The molecule has 3 nitrogen and oxygen atoms in total. The molecule has 0 aliphatic carbocycles. The highest BCUT2D eigenvalue weighted by Crippen LogP contribution is 2.15. The number of benzene rings is 1. The molecule has 0 atom stereocenters. The lowest BCUT2D eigenvalue weighted by atomic mass is 10.2. The summed E-state index contributed by atoms with van der Waals surface area (Å²) in [5, 5.41) is 4.12. The van der Waals surface area contributed by atoms with Crippen LogP contribution in [0.15, 0.2) is 41.1 Å². The molecular formula is C11H9BrN2O. The quantitative estimate of drug-likeness (QED) is 0.799. The van der Waals surface area contributed by atoms with E-state index in [0.29, 0.717) is 12.1 Å². The third-order valence-electron chi connectivity index (χ3n) is 2.10. The molecule has 1 aromatic heterocycles. The average molecular weight is 265 g/mol. The summed E-state index contributed by atoms with van der Waals surface area (Å²) in [6.07, 6.45) is 2.35. The van der Waals surface area contributed by atoms with Crippen LogP contribution in [0.3, 0.4) is 0 Å². The first-order chi connectivity index (χ1) is 7.31. The molecule has 0 radical (unpaired) electrons.